The van der Waals surface area contributed by atoms with Crippen molar-refractivity contribution in [3.63, 3.8) is 0 Å². The highest BCUT2D eigenvalue weighted by atomic mass is 16.6. The number of nitrogens with one attached hydrogen (secondary N) is 1. The van der Waals surface area contributed by atoms with E-state index in [-0.39, 0.29) is 5.57 Å². The Morgan fingerprint density at radius 2 is 2.20 bits per heavy atom. The number of aliphatic carboxylic acids is 1. The molecule has 0 aromatic rings. The quantitative estimate of drug-likeness (QED) is 0.478. The number of cyclic esters (lactones) is 1. The molecule has 6 nitrogen and oxygen atoms in total. The average molecular weight is 213 g/mol. The molecule has 1 amide bonds. The van der Waals surface area contributed by atoms with E-state index in [1.165, 1.54) is 0 Å². The van der Waals surface area contributed by atoms with Crippen LogP contribution in [0.2, 0.25) is 0 Å². The smallest absolute Gasteiger partial charge is 0.334 e. The van der Waals surface area contributed by atoms with Gasteiger partial charge in [-0.2, -0.15) is 0 Å². The highest BCUT2D eigenvalue weighted by Crippen LogP contribution is 2.26. The van der Waals surface area contributed by atoms with Gasteiger partial charge < -0.3 is 15.2 Å². The van der Waals surface area contributed by atoms with Gasteiger partial charge in [-0.05, 0) is 6.92 Å². The second-order valence-electron chi connectivity index (χ2n) is 3.22. The van der Waals surface area contributed by atoms with Crippen LogP contribution in [0.5, 0.6) is 0 Å². The van der Waals surface area contributed by atoms with Gasteiger partial charge >= 0.3 is 11.9 Å². The van der Waals surface area contributed by atoms with Gasteiger partial charge in [0.1, 0.15) is 18.6 Å². The van der Waals surface area contributed by atoms with Crippen molar-refractivity contribution in [1.82, 2.24) is 5.32 Å². The average Bonchev–Trinajstić information content (AvgIpc) is 2.37. The van der Waals surface area contributed by atoms with E-state index in [0.29, 0.717) is 0 Å². The van der Waals surface area contributed by atoms with Crippen LogP contribution < -0.4 is 5.32 Å². The Morgan fingerprint density at radius 1 is 1.60 bits per heavy atom. The predicted molar refractivity (Wildman–Crippen MR) is 48.8 cm³/mol. The number of carboxylic acid groups (broad SMARTS) is 1. The molecule has 0 saturated carbocycles. The highest BCUT2D eigenvalue weighted by molar-refractivity contribution is 6.00. The van der Waals surface area contributed by atoms with E-state index in [0.717, 1.165) is 0 Å². The van der Waals surface area contributed by atoms with Crippen molar-refractivity contribution in [3.05, 3.63) is 12.2 Å². The van der Waals surface area contributed by atoms with Gasteiger partial charge in [-0.1, -0.05) is 6.58 Å². The third-order valence-corrected chi connectivity index (χ3v) is 2.10. The summed E-state index contributed by atoms with van der Waals surface area (Å²) < 4.78 is 4.77. The van der Waals surface area contributed by atoms with Gasteiger partial charge in [0.05, 0.1) is 0 Å². The van der Waals surface area contributed by atoms with E-state index in [4.69, 9.17) is 9.84 Å². The molecule has 82 valence electrons. The molecule has 1 rings (SSSR count). The fourth-order valence-electron chi connectivity index (χ4n) is 1.37. The Labute approximate surface area is 85.9 Å². The Hall–Kier alpha value is -1.85. The van der Waals surface area contributed by atoms with E-state index < -0.39 is 36.4 Å². The molecule has 1 aliphatic rings. The van der Waals surface area contributed by atoms with E-state index in [1.54, 1.807) is 6.92 Å². The fraction of sp³-hybridized carbons (Fsp3) is 0.444. The topological polar surface area (TPSA) is 92.7 Å². The summed E-state index contributed by atoms with van der Waals surface area (Å²) >= 11 is 0. The molecule has 6 heteroatoms. The van der Waals surface area contributed by atoms with Gasteiger partial charge in [-0.3, -0.25) is 9.59 Å². The Bertz CT molecular complexity index is 335. The zero-order chi connectivity index (χ0) is 11.6. The molecule has 2 atom stereocenters. The molecule has 0 unspecified atom stereocenters. The Kier molecular flexibility index (Phi) is 3.08. The number of hydrogen-bond acceptors (Lipinski definition) is 4. The normalized spacial score (nSPS) is 24.9. The Morgan fingerprint density at radius 3 is 2.60 bits per heavy atom. The first-order valence-electron chi connectivity index (χ1n) is 4.32. The van der Waals surface area contributed by atoms with Crippen LogP contribution in [0.15, 0.2) is 12.2 Å². The minimum atomic E-state index is -1.15. The number of esters is 1. The van der Waals surface area contributed by atoms with Crippen LogP contribution in [0, 0.1) is 5.92 Å². The van der Waals surface area contributed by atoms with Crippen molar-refractivity contribution in [1.29, 1.82) is 0 Å². The number of carbonyl (C=O) groups is 3. The maximum absolute atomic E-state index is 11.4. The maximum Gasteiger partial charge on any atom is 0.334 e. The summed E-state index contributed by atoms with van der Waals surface area (Å²) in [6.07, 6.45) is -0.598. The summed E-state index contributed by atoms with van der Waals surface area (Å²) in [5.74, 6) is -3.11. The number of ether oxygens (including phenoxy) is 1. The molecule has 0 aromatic heterocycles. The minimum Gasteiger partial charge on any atom is -0.480 e. The first-order chi connectivity index (χ1) is 6.93. The van der Waals surface area contributed by atoms with Crippen molar-refractivity contribution in [2.75, 3.05) is 6.54 Å². The van der Waals surface area contributed by atoms with Crippen LogP contribution in [-0.2, 0) is 19.1 Å². The molecule has 1 saturated heterocycles. The van der Waals surface area contributed by atoms with Crippen molar-refractivity contribution in [3.8, 4) is 0 Å². The second-order valence-corrected chi connectivity index (χ2v) is 3.22. The van der Waals surface area contributed by atoms with E-state index >= 15 is 0 Å². The minimum absolute atomic E-state index is 0.0605. The molecule has 0 bridgehead atoms. The maximum atomic E-state index is 11.4. The molecular formula is C9H11NO5. The van der Waals surface area contributed by atoms with Gasteiger partial charge in [0.2, 0.25) is 5.91 Å². The number of amides is 1. The number of rotatable bonds is 3. The van der Waals surface area contributed by atoms with Gasteiger partial charge in [0.15, 0.2) is 0 Å². The molecule has 15 heavy (non-hydrogen) atoms. The lowest BCUT2D eigenvalue weighted by molar-refractivity contribution is -0.140. The lowest BCUT2D eigenvalue weighted by Gasteiger charge is -2.12. The zero-order valence-electron chi connectivity index (χ0n) is 8.15. The monoisotopic (exact) mass is 213 g/mol. The van der Waals surface area contributed by atoms with E-state index in [1.807, 2.05) is 0 Å². The third kappa shape index (κ3) is 2.34. The van der Waals surface area contributed by atoms with Crippen LogP contribution in [0.25, 0.3) is 0 Å². The molecule has 0 aromatic carbocycles. The number of hydrogen-bond donors (Lipinski definition) is 2. The largest absolute Gasteiger partial charge is 0.480 e. The van der Waals surface area contributed by atoms with Crippen molar-refractivity contribution in [2.45, 2.75) is 13.0 Å². The van der Waals surface area contributed by atoms with Gasteiger partial charge in [-0.25, -0.2) is 4.79 Å². The summed E-state index contributed by atoms with van der Waals surface area (Å²) in [5, 5.41) is 10.5. The molecule has 1 fully saturated rings. The Balaban J connectivity index is 2.63. The highest BCUT2D eigenvalue weighted by Gasteiger charge is 2.40. The second kappa shape index (κ2) is 4.12. The van der Waals surface area contributed by atoms with Crippen molar-refractivity contribution in [2.24, 2.45) is 5.92 Å². The van der Waals surface area contributed by atoms with Crippen LogP contribution in [0.3, 0.4) is 0 Å². The lowest BCUT2D eigenvalue weighted by Crippen LogP contribution is -2.37. The lowest BCUT2D eigenvalue weighted by atomic mass is 9.97. The molecule has 0 aliphatic carbocycles. The predicted octanol–water partition coefficient (Wildman–Crippen LogP) is -0.695. The van der Waals surface area contributed by atoms with Gasteiger partial charge in [-0.15, -0.1) is 0 Å². The molecule has 0 spiro atoms. The summed E-state index contributed by atoms with van der Waals surface area (Å²) in [7, 11) is 0. The summed E-state index contributed by atoms with van der Waals surface area (Å²) in [4.78, 5) is 32.7. The van der Waals surface area contributed by atoms with Crippen molar-refractivity contribution >= 4 is 17.8 Å². The fourth-order valence-corrected chi connectivity index (χ4v) is 1.37. The number of carbonyl (C=O) groups excluding carboxylic acids is 2. The number of carboxylic acids is 1. The molecule has 2 N–H and O–H groups in total. The molecular weight excluding hydrogens is 202 g/mol. The summed E-state index contributed by atoms with van der Waals surface area (Å²) in [6, 6.07) is 0. The molecule has 1 heterocycles. The zero-order valence-corrected chi connectivity index (χ0v) is 8.15. The van der Waals surface area contributed by atoms with Gasteiger partial charge in [0.25, 0.3) is 0 Å². The van der Waals surface area contributed by atoms with Crippen LogP contribution in [-0.4, -0.2) is 35.6 Å². The van der Waals surface area contributed by atoms with Crippen molar-refractivity contribution < 1.29 is 24.2 Å². The first-order valence-corrected chi connectivity index (χ1v) is 4.32. The SMILES string of the molecule is C=C1C(=O)O[C@@H](C)[C@@H]1C(=O)NCC(=O)O. The first kappa shape index (κ1) is 11.2. The third-order valence-electron chi connectivity index (χ3n) is 2.10. The van der Waals surface area contributed by atoms with Crippen LogP contribution >= 0.6 is 0 Å². The molecule has 1 aliphatic heterocycles. The van der Waals surface area contributed by atoms with E-state index in [2.05, 4.69) is 11.9 Å². The summed E-state index contributed by atoms with van der Waals surface area (Å²) in [6.45, 7) is 4.51. The van der Waals surface area contributed by atoms with E-state index in [9.17, 15) is 14.4 Å². The molecule has 0 radical (unpaired) electrons. The van der Waals surface area contributed by atoms with Crippen LogP contribution in [0.4, 0.5) is 0 Å². The van der Waals surface area contributed by atoms with Gasteiger partial charge in [0, 0.05) is 5.57 Å². The standard InChI is InChI=1S/C9H11NO5/c1-4-7(5(2)15-9(4)14)8(13)10-3-6(11)12/h5,7H,1,3H2,2H3,(H,10,13)(H,11,12)/t5-,7+/m0/s1. The summed E-state index contributed by atoms with van der Waals surface area (Å²) in [5.41, 5.74) is 0.0605. The van der Waals surface area contributed by atoms with Crippen LogP contribution in [0.1, 0.15) is 6.92 Å².